The fourth-order valence-electron chi connectivity index (χ4n) is 2.23. The van der Waals surface area contributed by atoms with Gasteiger partial charge in [-0.15, -0.1) is 0 Å². The molecule has 3 rings (SSSR count). The highest BCUT2D eigenvalue weighted by Crippen LogP contribution is 2.24. The quantitative estimate of drug-likeness (QED) is 0.741. The van der Waals surface area contributed by atoms with Crippen LogP contribution >= 0.6 is 11.6 Å². The van der Waals surface area contributed by atoms with Gasteiger partial charge in [0.25, 0.3) is 5.91 Å². The summed E-state index contributed by atoms with van der Waals surface area (Å²) in [5.74, 6) is 1.03. The van der Waals surface area contributed by atoms with Crippen LogP contribution in [0.1, 0.15) is 27.7 Å². The number of carbonyl (C=O) groups excluding carboxylic acids is 1. The molecule has 0 fully saturated rings. The minimum atomic E-state index is -0.422. The first-order valence-corrected chi connectivity index (χ1v) is 7.99. The van der Waals surface area contributed by atoms with E-state index < -0.39 is 5.91 Å². The van der Waals surface area contributed by atoms with Crippen molar-refractivity contribution in [2.24, 2.45) is 0 Å². The van der Waals surface area contributed by atoms with Gasteiger partial charge < -0.3 is 9.15 Å². The Bertz CT molecular complexity index is 888. The smallest absolute Gasteiger partial charge is 0.293 e. The number of amides is 1. The summed E-state index contributed by atoms with van der Waals surface area (Å²) in [5.41, 5.74) is 1.55. The van der Waals surface area contributed by atoms with Gasteiger partial charge in [0.1, 0.15) is 18.1 Å². The van der Waals surface area contributed by atoms with Crippen LogP contribution in [0.5, 0.6) is 5.75 Å². The maximum Gasteiger partial charge on any atom is 0.293 e. The molecule has 0 bridgehead atoms. The summed E-state index contributed by atoms with van der Waals surface area (Å²) in [6.45, 7) is 3.83. The molecule has 2 heterocycles. The number of benzene rings is 1. The lowest BCUT2D eigenvalue weighted by Crippen LogP contribution is -2.14. The lowest BCUT2D eigenvalue weighted by molar-refractivity contribution is 0.0991. The predicted molar refractivity (Wildman–Crippen MR) is 94.0 cm³/mol. The number of aryl methyl sites for hydroxylation is 2. The predicted octanol–water partition coefficient (Wildman–Crippen LogP) is 4.17. The number of para-hydroxylation sites is 1. The molecule has 0 spiro atoms. The average molecular weight is 358 g/mol. The first-order valence-electron chi connectivity index (χ1n) is 7.61. The molecule has 0 saturated heterocycles. The van der Waals surface area contributed by atoms with E-state index in [1.165, 1.54) is 0 Å². The second-order valence-electron chi connectivity index (χ2n) is 5.41. The molecule has 2 aromatic heterocycles. The molecule has 0 atom stereocenters. The number of ether oxygens (including phenoxy) is 1. The number of hydrogen-bond donors (Lipinski definition) is 1. The molecule has 0 radical (unpaired) electrons. The van der Waals surface area contributed by atoms with E-state index in [2.05, 4.69) is 15.3 Å². The normalized spacial score (nSPS) is 10.5. The van der Waals surface area contributed by atoms with Crippen molar-refractivity contribution in [1.29, 1.82) is 0 Å². The Labute approximate surface area is 149 Å². The third-order valence-corrected chi connectivity index (χ3v) is 3.61. The molecule has 1 N–H and O–H groups in total. The van der Waals surface area contributed by atoms with Gasteiger partial charge in [-0.25, -0.2) is 9.97 Å². The van der Waals surface area contributed by atoms with Crippen LogP contribution in [0, 0.1) is 13.8 Å². The van der Waals surface area contributed by atoms with Crippen LogP contribution in [0.25, 0.3) is 0 Å². The first kappa shape index (κ1) is 17.0. The van der Waals surface area contributed by atoms with Crippen molar-refractivity contribution in [2.75, 3.05) is 5.32 Å². The van der Waals surface area contributed by atoms with Gasteiger partial charge in [-0.05, 0) is 44.2 Å². The highest BCUT2D eigenvalue weighted by atomic mass is 35.5. The van der Waals surface area contributed by atoms with Gasteiger partial charge in [0.15, 0.2) is 5.76 Å². The number of nitrogens with zero attached hydrogens (tertiary/aromatic N) is 2. The molecule has 0 aliphatic rings. The Morgan fingerprint density at radius 3 is 2.60 bits per heavy atom. The second kappa shape index (κ2) is 7.36. The summed E-state index contributed by atoms with van der Waals surface area (Å²) in [6, 6.07) is 12.2. The SMILES string of the molecule is Cc1cc(C)nc(NC(=O)c2ccc(COc3ccccc3Cl)o2)n1. The third-order valence-electron chi connectivity index (χ3n) is 3.30. The molecule has 25 heavy (non-hydrogen) atoms. The summed E-state index contributed by atoms with van der Waals surface area (Å²) in [6.07, 6.45) is 0. The number of aromatic nitrogens is 2. The van der Waals surface area contributed by atoms with E-state index in [0.29, 0.717) is 16.5 Å². The van der Waals surface area contributed by atoms with Crippen molar-refractivity contribution in [2.45, 2.75) is 20.5 Å². The average Bonchev–Trinajstić information content (AvgIpc) is 3.02. The zero-order valence-corrected chi connectivity index (χ0v) is 14.5. The standard InChI is InChI=1S/C18H16ClN3O3/c1-11-9-12(2)21-18(20-11)22-17(23)16-8-7-13(25-16)10-24-15-6-4-3-5-14(15)19/h3-9H,10H2,1-2H3,(H,20,21,22,23). The summed E-state index contributed by atoms with van der Waals surface area (Å²) >= 11 is 6.03. The summed E-state index contributed by atoms with van der Waals surface area (Å²) in [4.78, 5) is 20.6. The van der Waals surface area contributed by atoms with E-state index in [0.717, 1.165) is 11.4 Å². The minimum Gasteiger partial charge on any atom is -0.484 e. The zero-order chi connectivity index (χ0) is 17.8. The minimum absolute atomic E-state index is 0.153. The Kier molecular flexibility index (Phi) is 5.00. The van der Waals surface area contributed by atoms with Gasteiger partial charge >= 0.3 is 0 Å². The highest BCUT2D eigenvalue weighted by molar-refractivity contribution is 6.32. The lowest BCUT2D eigenvalue weighted by Gasteiger charge is -2.06. The van der Waals surface area contributed by atoms with Gasteiger partial charge in [0, 0.05) is 11.4 Å². The molecule has 3 aromatic rings. The monoisotopic (exact) mass is 357 g/mol. The molecule has 0 aliphatic heterocycles. The molecular weight excluding hydrogens is 342 g/mol. The topological polar surface area (TPSA) is 77.2 Å². The van der Waals surface area contributed by atoms with Gasteiger partial charge in [0.2, 0.25) is 5.95 Å². The van der Waals surface area contributed by atoms with Crippen molar-refractivity contribution >= 4 is 23.5 Å². The molecule has 6 nitrogen and oxygen atoms in total. The number of carbonyl (C=O) groups is 1. The Morgan fingerprint density at radius 1 is 1.16 bits per heavy atom. The van der Waals surface area contributed by atoms with Crippen LogP contribution in [0.3, 0.4) is 0 Å². The maximum absolute atomic E-state index is 12.2. The molecule has 7 heteroatoms. The zero-order valence-electron chi connectivity index (χ0n) is 13.7. The van der Waals surface area contributed by atoms with Crippen molar-refractivity contribution in [3.63, 3.8) is 0 Å². The number of hydrogen-bond acceptors (Lipinski definition) is 5. The Balaban J connectivity index is 1.64. The number of nitrogens with one attached hydrogen (secondary N) is 1. The Hall–Kier alpha value is -2.86. The summed E-state index contributed by atoms with van der Waals surface area (Å²) < 4.78 is 11.1. The maximum atomic E-state index is 12.2. The van der Waals surface area contributed by atoms with E-state index >= 15 is 0 Å². The van der Waals surface area contributed by atoms with Gasteiger partial charge in [-0.1, -0.05) is 23.7 Å². The van der Waals surface area contributed by atoms with Crippen molar-refractivity contribution in [1.82, 2.24) is 9.97 Å². The molecule has 0 aliphatic carbocycles. The van der Waals surface area contributed by atoms with Crippen LogP contribution in [0.15, 0.2) is 46.9 Å². The van der Waals surface area contributed by atoms with Crippen LogP contribution in [-0.2, 0) is 6.61 Å². The van der Waals surface area contributed by atoms with Crippen LogP contribution in [-0.4, -0.2) is 15.9 Å². The van der Waals surface area contributed by atoms with E-state index in [4.69, 9.17) is 20.8 Å². The number of rotatable bonds is 5. The second-order valence-corrected chi connectivity index (χ2v) is 5.82. The van der Waals surface area contributed by atoms with Crippen LogP contribution in [0.2, 0.25) is 5.02 Å². The molecule has 0 saturated carbocycles. The Morgan fingerprint density at radius 2 is 1.88 bits per heavy atom. The van der Waals surface area contributed by atoms with E-state index in [-0.39, 0.29) is 18.3 Å². The molecule has 1 amide bonds. The molecule has 0 unspecified atom stereocenters. The molecule has 128 valence electrons. The molecule has 1 aromatic carbocycles. The largest absolute Gasteiger partial charge is 0.484 e. The fourth-order valence-corrected chi connectivity index (χ4v) is 2.42. The van der Waals surface area contributed by atoms with Crippen molar-refractivity contribution in [3.05, 3.63) is 70.4 Å². The van der Waals surface area contributed by atoms with Gasteiger partial charge in [-0.3, -0.25) is 10.1 Å². The van der Waals surface area contributed by atoms with E-state index in [1.54, 1.807) is 24.3 Å². The summed E-state index contributed by atoms with van der Waals surface area (Å²) in [5, 5.41) is 3.13. The number of halogens is 1. The summed E-state index contributed by atoms with van der Waals surface area (Å²) in [7, 11) is 0. The lowest BCUT2D eigenvalue weighted by atomic mass is 10.3. The van der Waals surface area contributed by atoms with Crippen molar-refractivity contribution < 1.29 is 13.9 Å². The van der Waals surface area contributed by atoms with E-state index in [1.807, 2.05) is 32.0 Å². The van der Waals surface area contributed by atoms with Gasteiger partial charge in [0.05, 0.1) is 5.02 Å². The highest BCUT2D eigenvalue weighted by Gasteiger charge is 2.14. The number of anilines is 1. The third kappa shape index (κ3) is 4.36. The fraction of sp³-hybridized carbons (Fsp3) is 0.167. The number of furan rings is 1. The first-order chi connectivity index (χ1) is 12.0. The van der Waals surface area contributed by atoms with Crippen LogP contribution < -0.4 is 10.1 Å². The van der Waals surface area contributed by atoms with Gasteiger partial charge in [-0.2, -0.15) is 0 Å². The van der Waals surface area contributed by atoms with Crippen molar-refractivity contribution in [3.8, 4) is 5.75 Å². The van der Waals surface area contributed by atoms with Crippen LogP contribution in [0.4, 0.5) is 5.95 Å². The molecular formula is C18H16ClN3O3. The van der Waals surface area contributed by atoms with E-state index in [9.17, 15) is 4.79 Å².